The zero-order chi connectivity index (χ0) is 20.0. The lowest BCUT2D eigenvalue weighted by molar-refractivity contribution is 0.0941. The minimum absolute atomic E-state index is 0.0766. The molecule has 0 aromatic heterocycles. The van der Waals surface area contributed by atoms with Crippen LogP contribution in [-0.2, 0) is 0 Å². The summed E-state index contributed by atoms with van der Waals surface area (Å²) in [5.74, 6) is 0.0171. The fraction of sp³-hybridized carbons (Fsp3) is 0.286. The second-order valence-corrected chi connectivity index (χ2v) is 7.30. The van der Waals surface area contributed by atoms with Crippen LogP contribution in [0.5, 0.6) is 0 Å². The highest BCUT2D eigenvalue weighted by atomic mass is 32.1. The quantitative estimate of drug-likeness (QED) is 0.681. The lowest BCUT2D eigenvalue weighted by Crippen LogP contribution is -2.34. The summed E-state index contributed by atoms with van der Waals surface area (Å²) in [5.41, 5.74) is 2.98. The Balaban J connectivity index is 1.93. The van der Waals surface area contributed by atoms with Crippen molar-refractivity contribution in [3.05, 3.63) is 65.2 Å². The third-order valence-electron chi connectivity index (χ3n) is 3.89. The first kappa shape index (κ1) is 20.6. The first-order valence-electron chi connectivity index (χ1n) is 8.89. The molecule has 0 aliphatic heterocycles. The van der Waals surface area contributed by atoms with E-state index >= 15 is 0 Å². The molecule has 2 aromatic rings. The van der Waals surface area contributed by atoms with Crippen molar-refractivity contribution >= 4 is 34.8 Å². The Bertz CT molecular complexity index is 812. The molecule has 0 atom stereocenters. The molecule has 0 saturated carbocycles. The molecule has 2 amide bonds. The molecule has 2 rings (SSSR count). The molecule has 5 nitrogen and oxygen atoms in total. The molecule has 0 fully saturated rings. The smallest absolute Gasteiger partial charge is 0.257 e. The number of anilines is 1. The van der Waals surface area contributed by atoms with E-state index in [-0.39, 0.29) is 23.0 Å². The van der Waals surface area contributed by atoms with E-state index in [0.29, 0.717) is 22.7 Å². The number of nitrogens with one attached hydrogen (secondary N) is 3. The van der Waals surface area contributed by atoms with E-state index in [4.69, 9.17) is 12.2 Å². The van der Waals surface area contributed by atoms with E-state index in [1.807, 2.05) is 26.0 Å². The van der Waals surface area contributed by atoms with Gasteiger partial charge in [-0.3, -0.25) is 14.9 Å². The monoisotopic (exact) mass is 383 g/mol. The van der Waals surface area contributed by atoms with Gasteiger partial charge in [-0.25, -0.2) is 0 Å². The zero-order valence-corrected chi connectivity index (χ0v) is 16.8. The molecule has 0 aliphatic rings. The standard InChI is InChI=1S/C21H25N3O2S/c1-13(2)15-5-7-16(8-6-15)20(26)24-21(27)23-18-11-9-17(10-12-18)19(25)22-14(3)4/h5-14H,1-4H3,(H,22,25)(H2,23,24,26,27). The van der Waals surface area contributed by atoms with E-state index in [1.54, 1.807) is 36.4 Å². The van der Waals surface area contributed by atoms with Crippen LogP contribution in [0.1, 0.15) is 59.9 Å². The maximum atomic E-state index is 12.3. The summed E-state index contributed by atoms with van der Waals surface area (Å²) < 4.78 is 0. The van der Waals surface area contributed by atoms with Gasteiger partial charge in [-0.2, -0.15) is 0 Å². The van der Waals surface area contributed by atoms with Crippen LogP contribution in [0.4, 0.5) is 5.69 Å². The number of benzene rings is 2. The second-order valence-electron chi connectivity index (χ2n) is 6.89. The molecule has 27 heavy (non-hydrogen) atoms. The normalized spacial score (nSPS) is 10.6. The van der Waals surface area contributed by atoms with E-state index in [9.17, 15) is 9.59 Å². The Morgan fingerprint density at radius 2 is 1.33 bits per heavy atom. The minimum atomic E-state index is -0.268. The van der Waals surface area contributed by atoms with Gasteiger partial charge < -0.3 is 10.6 Å². The number of hydrogen-bond acceptors (Lipinski definition) is 3. The summed E-state index contributed by atoms with van der Waals surface area (Å²) in [5, 5.41) is 8.64. The molecule has 0 aliphatic carbocycles. The van der Waals surface area contributed by atoms with Crippen molar-refractivity contribution in [1.29, 1.82) is 0 Å². The maximum absolute atomic E-state index is 12.3. The molecule has 142 valence electrons. The van der Waals surface area contributed by atoms with E-state index in [0.717, 1.165) is 0 Å². The van der Waals surface area contributed by atoms with Crippen LogP contribution in [0, 0.1) is 0 Å². The summed E-state index contributed by atoms with van der Waals surface area (Å²) in [6, 6.07) is 14.4. The molecule has 0 spiro atoms. The molecule has 0 bridgehead atoms. The zero-order valence-electron chi connectivity index (χ0n) is 16.0. The van der Waals surface area contributed by atoms with Gasteiger partial charge in [0.2, 0.25) is 0 Å². The van der Waals surface area contributed by atoms with Gasteiger partial charge in [-0.1, -0.05) is 26.0 Å². The maximum Gasteiger partial charge on any atom is 0.257 e. The fourth-order valence-electron chi connectivity index (χ4n) is 2.41. The fourth-order valence-corrected chi connectivity index (χ4v) is 2.62. The minimum Gasteiger partial charge on any atom is -0.350 e. The Morgan fingerprint density at radius 1 is 0.815 bits per heavy atom. The lowest BCUT2D eigenvalue weighted by Gasteiger charge is -2.12. The molecule has 3 N–H and O–H groups in total. The highest BCUT2D eigenvalue weighted by Crippen LogP contribution is 2.15. The van der Waals surface area contributed by atoms with Crippen molar-refractivity contribution in [2.45, 2.75) is 39.7 Å². The van der Waals surface area contributed by atoms with Gasteiger partial charge >= 0.3 is 0 Å². The summed E-state index contributed by atoms with van der Waals surface area (Å²) in [4.78, 5) is 24.2. The van der Waals surface area contributed by atoms with Crippen LogP contribution in [0.15, 0.2) is 48.5 Å². The third kappa shape index (κ3) is 6.18. The van der Waals surface area contributed by atoms with Crippen molar-refractivity contribution in [2.75, 3.05) is 5.32 Å². The largest absolute Gasteiger partial charge is 0.350 e. The number of amides is 2. The topological polar surface area (TPSA) is 70.2 Å². The SMILES string of the molecule is CC(C)NC(=O)c1ccc(NC(=S)NC(=O)c2ccc(C(C)C)cc2)cc1. The third-order valence-corrected chi connectivity index (χ3v) is 4.10. The summed E-state index contributed by atoms with van der Waals surface area (Å²) in [6.45, 7) is 8.02. The number of hydrogen-bond donors (Lipinski definition) is 3. The summed E-state index contributed by atoms with van der Waals surface area (Å²) in [6.07, 6.45) is 0. The average Bonchev–Trinajstić information content (AvgIpc) is 2.61. The van der Waals surface area contributed by atoms with Crippen LogP contribution in [-0.4, -0.2) is 23.0 Å². The van der Waals surface area contributed by atoms with Crippen LogP contribution in [0.25, 0.3) is 0 Å². The van der Waals surface area contributed by atoms with Crippen LogP contribution >= 0.6 is 12.2 Å². The number of carbonyl (C=O) groups excluding carboxylic acids is 2. The van der Waals surface area contributed by atoms with Gasteiger partial charge in [0.05, 0.1) is 0 Å². The first-order chi connectivity index (χ1) is 12.8. The Morgan fingerprint density at radius 3 is 1.85 bits per heavy atom. The molecule has 0 unspecified atom stereocenters. The van der Waals surface area contributed by atoms with E-state index in [1.165, 1.54) is 5.56 Å². The van der Waals surface area contributed by atoms with Gasteiger partial charge in [0.1, 0.15) is 0 Å². The van der Waals surface area contributed by atoms with Gasteiger partial charge in [0.15, 0.2) is 5.11 Å². The Labute approximate surface area is 165 Å². The van der Waals surface area contributed by atoms with Crippen LogP contribution in [0.3, 0.4) is 0 Å². The molecule has 0 saturated heterocycles. The predicted molar refractivity (Wildman–Crippen MR) is 113 cm³/mol. The Hall–Kier alpha value is -2.73. The van der Waals surface area contributed by atoms with Crippen molar-refractivity contribution in [2.24, 2.45) is 0 Å². The van der Waals surface area contributed by atoms with Crippen molar-refractivity contribution in [1.82, 2.24) is 10.6 Å². The van der Waals surface area contributed by atoms with Gasteiger partial charge in [0.25, 0.3) is 11.8 Å². The molecular formula is C21H25N3O2S. The van der Waals surface area contributed by atoms with E-state index < -0.39 is 0 Å². The summed E-state index contributed by atoms with van der Waals surface area (Å²) in [7, 11) is 0. The average molecular weight is 384 g/mol. The van der Waals surface area contributed by atoms with Crippen molar-refractivity contribution in [3.63, 3.8) is 0 Å². The lowest BCUT2D eigenvalue weighted by atomic mass is 10.0. The highest BCUT2D eigenvalue weighted by Gasteiger charge is 2.10. The molecule has 6 heteroatoms. The molecule has 0 heterocycles. The van der Waals surface area contributed by atoms with Crippen LogP contribution in [0.2, 0.25) is 0 Å². The summed E-state index contributed by atoms with van der Waals surface area (Å²) >= 11 is 5.20. The number of carbonyl (C=O) groups is 2. The predicted octanol–water partition coefficient (Wildman–Crippen LogP) is 4.08. The number of rotatable bonds is 5. The van der Waals surface area contributed by atoms with Gasteiger partial charge in [0, 0.05) is 22.9 Å². The second kappa shape index (κ2) is 9.28. The Kier molecular flexibility index (Phi) is 7.07. The van der Waals surface area contributed by atoms with Crippen molar-refractivity contribution < 1.29 is 9.59 Å². The number of thiocarbonyl (C=S) groups is 1. The first-order valence-corrected chi connectivity index (χ1v) is 9.30. The van der Waals surface area contributed by atoms with Crippen LogP contribution < -0.4 is 16.0 Å². The van der Waals surface area contributed by atoms with Crippen molar-refractivity contribution in [3.8, 4) is 0 Å². The highest BCUT2D eigenvalue weighted by molar-refractivity contribution is 7.80. The molecule has 0 radical (unpaired) electrons. The van der Waals surface area contributed by atoms with Gasteiger partial charge in [-0.05, 0) is 73.9 Å². The van der Waals surface area contributed by atoms with Gasteiger partial charge in [-0.15, -0.1) is 0 Å². The molecular weight excluding hydrogens is 358 g/mol. The van der Waals surface area contributed by atoms with E-state index in [2.05, 4.69) is 29.8 Å². The molecule has 2 aromatic carbocycles.